The van der Waals surface area contributed by atoms with Gasteiger partial charge >= 0.3 is 6.09 Å². The van der Waals surface area contributed by atoms with Crippen molar-refractivity contribution in [2.45, 2.75) is 26.8 Å². The van der Waals surface area contributed by atoms with Crippen molar-refractivity contribution in [3.05, 3.63) is 22.2 Å². The van der Waals surface area contributed by atoms with Crippen LogP contribution in [0.1, 0.15) is 25.8 Å². The van der Waals surface area contributed by atoms with Gasteiger partial charge in [-0.05, 0) is 30.0 Å². The Balaban J connectivity index is 1.57. The molecule has 0 N–H and O–H groups in total. The number of ether oxygens (including phenoxy) is 3. The first kappa shape index (κ1) is 19.3. The van der Waals surface area contributed by atoms with Gasteiger partial charge in [0, 0.05) is 37.2 Å². The summed E-state index contributed by atoms with van der Waals surface area (Å²) < 4.78 is 17.7. The Labute approximate surface area is 163 Å². The number of rotatable bonds is 4. The van der Waals surface area contributed by atoms with Crippen LogP contribution in [0.2, 0.25) is 0 Å². The van der Waals surface area contributed by atoms with E-state index in [2.05, 4.69) is 26.9 Å². The van der Waals surface area contributed by atoms with Crippen LogP contribution in [0.25, 0.3) is 0 Å². The van der Waals surface area contributed by atoms with Crippen molar-refractivity contribution >= 4 is 22.0 Å². The second kappa shape index (κ2) is 8.95. The zero-order valence-corrected chi connectivity index (χ0v) is 17.1. The Morgan fingerprint density at radius 3 is 2.62 bits per heavy atom. The minimum absolute atomic E-state index is 0.193. The number of halogens is 1. The van der Waals surface area contributed by atoms with Crippen LogP contribution in [0.15, 0.2) is 16.6 Å². The molecule has 144 valence electrons. The van der Waals surface area contributed by atoms with Crippen molar-refractivity contribution in [1.29, 1.82) is 0 Å². The summed E-state index contributed by atoms with van der Waals surface area (Å²) in [5.41, 5.74) is 1.17. The monoisotopic (exact) mass is 426 g/mol. The lowest BCUT2D eigenvalue weighted by atomic mass is 10.1. The molecule has 0 aliphatic carbocycles. The van der Waals surface area contributed by atoms with E-state index in [1.165, 1.54) is 5.56 Å². The molecule has 2 aliphatic heterocycles. The van der Waals surface area contributed by atoms with E-state index in [9.17, 15) is 4.79 Å². The molecule has 1 saturated heterocycles. The summed E-state index contributed by atoms with van der Waals surface area (Å²) in [5, 5.41) is 0. The van der Waals surface area contributed by atoms with Crippen LogP contribution in [-0.2, 0) is 11.3 Å². The average Bonchev–Trinajstić information content (AvgIpc) is 2.86. The topological polar surface area (TPSA) is 51.2 Å². The lowest BCUT2D eigenvalue weighted by molar-refractivity contribution is 0.0930. The molecule has 0 atom stereocenters. The smallest absolute Gasteiger partial charge is 0.409 e. The predicted molar refractivity (Wildman–Crippen MR) is 103 cm³/mol. The molecule has 1 amide bonds. The number of carbonyl (C=O) groups excluding carboxylic acids is 1. The number of hydrogen-bond donors (Lipinski definition) is 0. The van der Waals surface area contributed by atoms with Crippen LogP contribution in [0, 0.1) is 5.92 Å². The normalized spacial score (nSPS) is 17.9. The van der Waals surface area contributed by atoms with Crippen molar-refractivity contribution in [3.8, 4) is 11.5 Å². The number of benzene rings is 1. The van der Waals surface area contributed by atoms with Crippen LogP contribution in [0.4, 0.5) is 4.79 Å². The van der Waals surface area contributed by atoms with Gasteiger partial charge in [0.25, 0.3) is 0 Å². The van der Waals surface area contributed by atoms with Crippen LogP contribution < -0.4 is 9.47 Å². The fourth-order valence-electron chi connectivity index (χ4n) is 3.11. The molecule has 0 spiro atoms. The highest BCUT2D eigenvalue weighted by atomic mass is 79.9. The van der Waals surface area contributed by atoms with E-state index in [-0.39, 0.29) is 6.09 Å². The van der Waals surface area contributed by atoms with Gasteiger partial charge in [-0.15, -0.1) is 0 Å². The van der Waals surface area contributed by atoms with Gasteiger partial charge in [0.15, 0.2) is 11.5 Å². The molecular weight excluding hydrogens is 400 g/mol. The summed E-state index contributed by atoms with van der Waals surface area (Å²) in [6.07, 6.45) is 0.750. The summed E-state index contributed by atoms with van der Waals surface area (Å²) in [6, 6.07) is 4.04. The standard InChI is InChI=1S/C19H27BrN2O4/c1-14(2)13-26-19(23)22-5-3-4-21(6-7-22)12-15-10-17-18(11-16(15)20)25-9-8-24-17/h10-11,14H,3-9,12-13H2,1-2H3. The van der Waals surface area contributed by atoms with Crippen molar-refractivity contribution in [3.63, 3.8) is 0 Å². The summed E-state index contributed by atoms with van der Waals surface area (Å²) in [7, 11) is 0. The highest BCUT2D eigenvalue weighted by Crippen LogP contribution is 2.36. The first-order valence-corrected chi connectivity index (χ1v) is 10.0. The molecule has 2 heterocycles. The van der Waals surface area contributed by atoms with Crippen LogP contribution in [-0.4, -0.2) is 61.9 Å². The molecule has 0 radical (unpaired) electrons. The van der Waals surface area contributed by atoms with E-state index in [0.29, 0.717) is 32.3 Å². The third kappa shape index (κ3) is 5.04. The molecule has 7 heteroatoms. The molecule has 0 bridgehead atoms. The molecule has 26 heavy (non-hydrogen) atoms. The van der Waals surface area contributed by atoms with E-state index in [1.807, 2.05) is 24.8 Å². The highest BCUT2D eigenvalue weighted by molar-refractivity contribution is 9.10. The van der Waals surface area contributed by atoms with Crippen molar-refractivity contribution in [2.24, 2.45) is 5.92 Å². The maximum atomic E-state index is 12.2. The van der Waals surface area contributed by atoms with E-state index in [1.54, 1.807) is 0 Å². The van der Waals surface area contributed by atoms with E-state index >= 15 is 0 Å². The summed E-state index contributed by atoms with van der Waals surface area (Å²) >= 11 is 3.64. The minimum atomic E-state index is -0.193. The number of fused-ring (bicyclic) bond motifs is 1. The molecule has 3 rings (SSSR count). The fraction of sp³-hybridized carbons (Fsp3) is 0.632. The largest absolute Gasteiger partial charge is 0.486 e. The molecule has 1 fully saturated rings. The average molecular weight is 427 g/mol. The lowest BCUT2D eigenvalue weighted by Crippen LogP contribution is -2.36. The first-order valence-electron chi connectivity index (χ1n) is 9.25. The van der Waals surface area contributed by atoms with Crippen LogP contribution >= 0.6 is 15.9 Å². The first-order chi connectivity index (χ1) is 12.5. The zero-order valence-electron chi connectivity index (χ0n) is 15.5. The maximum Gasteiger partial charge on any atom is 0.409 e. The fourth-order valence-corrected chi connectivity index (χ4v) is 3.56. The second-order valence-corrected chi connectivity index (χ2v) is 8.03. The Hall–Kier alpha value is -1.47. The predicted octanol–water partition coefficient (Wildman–Crippen LogP) is 3.52. The quantitative estimate of drug-likeness (QED) is 0.736. The Bertz CT molecular complexity index is 638. The third-order valence-corrected chi connectivity index (χ3v) is 5.23. The number of nitrogens with zero attached hydrogens (tertiary/aromatic N) is 2. The van der Waals surface area contributed by atoms with Crippen LogP contribution in [0.3, 0.4) is 0 Å². The molecule has 0 unspecified atom stereocenters. The molecular formula is C19H27BrN2O4. The van der Waals surface area contributed by atoms with Gasteiger partial charge in [0.2, 0.25) is 0 Å². The van der Waals surface area contributed by atoms with E-state index in [4.69, 9.17) is 14.2 Å². The number of hydrogen-bond acceptors (Lipinski definition) is 5. The second-order valence-electron chi connectivity index (χ2n) is 7.17. The molecule has 0 aromatic heterocycles. The van der Waals surface area contributed by atoms with Gasteiger partial charge in [0.1, 0.15) is 13.2 Å². The molecule has 1 aromatic carbocycles. The Kier molecular flexibility index (Phi) is 6.64. The zero-order chi connectivity index (χ0) is 18.5. The van der Waals surface area contributed by atoms with Gasteiger partial charge < -0.3 is 19.1 Å². The number of amides is 1. The lowest BCUT2D eigenvalue weighted by Gasteiger charge is -2.24. The van der Waals surface area contributed by atoms with Crippen molar-refractivity contribution < 1.29 is 19.0 Å². The summed E-state index contributed by atoms with van der Waals surface area (Å²) in [6.45, 7) is 9.78. The van der Waals surface area contributed by atoms with Gasteiger partial charge in [-0.2, -0.15) is 0 Å². The summed E-state index contributed by atoms with van der Waals surface area (Å²) in [4.78, 5) is 16.4. The molecule has 0 saturated carbocycles. The number of carbonyl (C=O) groups is 1. The van der Waals surface area contributed by atoms with Gasteiger partial charge in [0.05, 0.1) is 6.61 Å². The van der Waals surface area contributed by atoms with Crippen molar-refractivity contribution in [1.82, 2.24) is 9.80 Å². The highest BCUT2D eigenvalue weighted by Gasteiger charge is 2.22. The van der Waals surface area contributed by atoms with Gasteiger partial charge in [-0.3, -0.25) is 4.90 Å². The minimum Gasteiger partial charge on any atom is -0.486 e. The van der Waals surface area contributed by atoms with Crippen LogP contribution in [0.5, 0.6) is 11.5 Å². The molecule has 2 aliphatic rings. The summed E-state index contributed by atoms with van der Waals surface area (Å²) in [5.74, 6) is 1.96. The molecule has 1 aromatic rings. The Morgan fingerprint density at radius 1 is 1.15 bits per heavy atom. The Morgan fingerprint density at radius 2 is 1.88 bits per heavy atom. The maximum absolute atomic E-state index is 12.2. The van der Waals surface area contributed by atoms with Gasteiger partial charge in [-0.1, -0.05) is 29.8 Å². The van der Waals surface area contributed by atoms with Gasteiger partial charge in [-0.25, -0.2) is 4.79 Å². The van der Waals surface area contributed by atoms with E-state index in [0.717, 1.165) is 48.6 Å². The SMILES string of the molecule is CC(C)COC(=O)N1CCCN(Cc2cc3c(cc2Br)OCCO3)CC1. The van der Waals surface area contributed by atoms with Crippen molar-refractivity contribution in [2.75, 3.05) is 46.0 Å². The third-order valence-electron chi connectivity index (χ3n) is 4.49. The van der Waals surface area contributed by atoms with E-state index < -0.39 is 0 Å². The molecule has 6 nitrogen and oxygen atoms in total.